The van der Waals surface area contributed by atoms with Crippen molar-refractivity contribution in [2.45, 2.75) is 20.1 Å². The minimum Gasteiger partial charge on any atom is -0.485 e. The number of pyridine rings is 1. The summed E-state index contributed by atoms with van der Waals surface area (Å²) < 4.78 is 22.7. The van der Waals surface area contributed by atoms with Crippen LogP contribution in [0.1, 0.15) is 23.2 Å². The first-order valence-electron chi connectivity index (χ1n) is 8.63. The van der Waals surface area contributed by atoms with Crippen molar-refractivity contribution in [1.82, 2.24) is 4.57 Å². The fraction of sp³-hybridized carbons (Fsp3) is 0.300. The Labute approximate surface area is 156 Å². The summed E-state index contributed by atoms with van der Waals surface area (Å²) in [6, 6.07) is 10.4. The minimum absolute atomic E-state index is 0.0939. The number of carbonyl (C=O) groups excluding carboxylic acids is 1. The molecule has 142 valence electrons. The second kappa shape index (κ2) is 8.55. The molecular weight excluding hydrogens is 350 g/mol. The topological polar surface area (TPSA) is 79.9 Å². The normalized spacial score (nSPS) is 10.9. The summed E-state index contributed by atoms with van der Waals surface area (Å²) >= 11 is 0. The molecule has 0 bridgehead atoms. The van der Waals surface area contributed by atoms with Crippen LogP contribution in [0.25, 0.3) is 10.8 Å². The van der Waals surface area contributed by atoms with Crippen LogP contribution in [0.4, 0.5) is 0 Å². The van der Waals surface area contributed by atoms with E-state index in [0.717, 1.165) is 5.39 Å². The molecule has 0 saturated heterocycles. The highest BCUT2D eigenvalue weighted by molar-refractivity contribution is 5.87. The van der Waals surface area contributed by atoms with E-state index in [9.17, 15) is 9.59 Å². The maximum absolute atomic E-state index is 12.6. The van der Waals surface area contributed by atoms with Crippen LogP contribution < -0.4 is 10.3 Å². The maximum Gasteiger partial charge on any atom is 0.373 e. The molecule has 7 heteroatoms. The largest absolute Gasteiger partial charge is 0.485 e. The number of benzene rings is 1. The third-order valence-corrected chi connectivity index (χ3v) is 4.08. The van der Waals surface area contributed by atoms with E-state index in [0.29, 0.717) is 36.7 Å². The molecule has 3 rings (SSSR count). The van der Waals surface area contributed by atoms with Crippen molar-refractivity contribution in [3.63, 3.8) is 0 Å². The molecule has 0 unspecified atom stereocenters. The molecule has 0 radical (unpaired) electrons. The predicted molar refractivity (Wildman–Crippen MR) is 99.1 cm³/mol. The lowest BCUT2D eigenvalue weighted by Gasteiger charge is -2.11. The Morgan fingerprint density at radius 2 is 2.00 bits per heavy atom. The summed E-state index contributed by atoms with van der Waals surface area (Å²) in [4.78, 5) is 24.1. The number of hydrogen-bond donors (Lipinski definition) is 0. The number of carbonyl (C=O) groups is 1. The van der Waals surface area contributed by atoms with Crippen molar-refractivity contribution < 1.29 is 23.4 Å². The Morgan fingerprint density at radius 3 is 2.78 bits per heavy atom. The van der Waals surface area contributed by atoms with Gasteiger partial charge in [0, 0.05) is 24.7 Å². The average Bonchev–Trinajstić information content (AvgIpc) is 3.17. The third-order valence-electron chi connectivity index (χ3n) is 4.08. The van der Waals surface area contributed by atoms with E-state index in [2.05, 4.69) is 4.74 Å². The first-order chi connectivity index (χ1) is 13.1. The van der Waals surface area contributed by atoms with Crippen LogP contribution in [0, 0.1) is 0 Å². The lowest BCUT2D eigenvalue weighted by atomic mass is 10.1. The van der Waals surface area contributed by atoms with Gasteiger partial charge in [0.05, 0.1) is 19.1 Å². The first-order valence-corrected chi connectivity index (χ1v) is 8.63. The smallest absolute Gasteiger partial charge is 0.373 e. The van der Waals surface area contributed by atoms with Gasteiger partial charge in [-0.15, -0.1) is 0 Å². The maximum atomic E-state index is 12.6. The van der Waals surface area contributed by atoms with Crippen molar-refractivity contribution in [2.75, 3.05) is 20.3 Å². The van der Waals surface area contributed by atoms with Crippen LogP contribution in [0.2, 0.25) is 0 Å². The fourth-order valence-corrected chi connectivity index (χ4v) is 2.71. The van der Waals surface area contributed by atoms with Gasteiger partial charge in [-0.2, -0.15) is 0 Å². The zero-order valence-electron chi connectivity index (χ0n) is 15.3. The number of rotatable bonds is 8. The van der Waals surface area contributed by atoms with E-state index in [1.54, 1.807) is 35.0 Å². The molecule has 0 N–H and O–H groups in total. The number of esters is 1. The monoisotopic (exact) mass is 371 g/mol. The van der Waals surface area contributed by atoms with Crippen LogP contribution in [-0.4, -0.2) is 30.9 Å². The summed E-state index contributed by atoms with van der Waals surface area (Å²) in [6.07, 6.45) is 1.73. The van der Waals surface area contributed by atoms with E-state index in [-0.39, 0.29) is 17.9 Å². The third kappa shape index (κ3) is 4.20. The Hall–Kier alpha value is -3.06. The summed E-state index contributed by atoms with van der Waals surface area (Å²) in [5.41, 5.74) is -0.0939. The zero-order chi connectivity index (χ0) is 19.2. The van der Waals surface area contributed by atoms with Gasteiger partial charge in [0.1, 0.15) is 18.1 Å². The number of furan rings is 1. The van der Waals surface area contributed by atoms with Crippen LogP contribution in [0.15, 0.2) is 51.8 Å². The van der Waals surface area contributed by atoms with Gasteiger partial charge in [0.25, 0.3) is 5.56 Å². The molecule has 0 atom stereocenters. The number of hydrogen-bond acceptors (Lipinski definition) is 6. The zero-order valence-corrected chi connectivity index (χ0v) is 15.3. The van der Waals surface area contributed by atoms with Gasteiger partial charge in [-0.25, -0.2) is 4.79 Å². The molecule has 2 aromatic heterocycles. The number of aromatic nitrogens is 1. The van der Waals surface area contributed by atoms with Crippen LogP contribution in [0.3, 0.4) is 0 Å². The standard InChI is InChI=1S/C20H21NO6/c1-3-25-12-11-21-10-9-15-16(19(21)22)5-4-6-17(15)26-13-14-7-8-18(27-14)20(23)24-2/h4-10H,3,11-13H2,1-2H3. The average molecular weight is 371 g/mol. The highest BCUT2D eigenvalue weighted by atomic mass is 16.5. The molecular formula is C20H21NO6. The number of fused-ring (bicyclic) bond motifs is 1. The van der Waals surface area contributed by atoms with E-state index >= 15 is 0 Å². The van der Waals surface area contributed by atoms with Gasteiger partial charge >= 0.3 is 5.97 Å². The molecule has 1 aromatic carbocycles. The van der Waals surface area contributed by atoms with Gasteiger partial charge in [-0.3, -0.25) is 4.79 Å². The summed E-state index contributed by atoms with van der Waals surface area (Å²) in [5.74, 6) is 0.625. The molecule has 27 heavy (non-hydrogen) atoms. The van der Waals surface area contributed by atoms with Crippen LogP contribution >= 0.6 is 0 Å². The Bertz CT molecular complexity index is 988. The molecule has 0 aliphatic carbocycles. The molecule has 0 saturated carbocycles. The summed E-state index contributed by atoms with van der Waals surface area (Å²) in [6.45, 7) is 3.64. The van der Waals surface area contributed by atoms with Gasteiger partial charge in [-0.1, -0.05) is 6.07 Å². The molecule has 7 nitrogen and oxygen atoms in total. The quantitative estimate of drug-likeness (QED) is 0.447. The van der Waals surface area contributed by atoms with Gasteiger partial charge < -0.3 is 23.2 Å². The van der Waals surface area contributed by atoms with Crippen LogP contribution in [0.5, 0.6) is 5.75 Å². The second-order valence-electron chi connectivity index (χ2n) is 5.77. The fourth-order valence-electron chi connectivity index (χ4n) is 2.71. The van der Waals surface area contributed by atoms with Crippen molar-refractivity contribution in [1.29, 1.82) is 0 Å². The molecule has 0 fully saturated rings. The van der Waals surface area contributed by atoms with Crippen molar-refractivity contribution in [2.24, 2.45) is 0 Å². The molecule has 2 heterocycles. The molecule has 0 aliphatic rings. The van der Waals surface area contributed by atoms with E-state index in [1.807, 2.05) is 13.0 Å². The van der Waals surface area contributed by atoms with Gasteiger partial charge in [-0.05, 0) is 37.3 Å². The summed E-state index contributed by atoms with van der Waals surface area (Å²) in [5, 5.41) is 1.29. The van der Waals surface area contributed by atoms with Crippen molar-refractivity contribution in [3.05, 3.63) is 64.5 Å². The van der Waals surface area contributed by atoms with Crippen LogP contribution in [-0.2, 0) is 22.6 Å². The lowest BCUT2D eigenvalue weighted by molar-refractivity contribution is 0.0561. The number of nitrogens with zero attached hydrogens (tertiary/aromatic N) is 1. The van der Waals surface area contributed by atoms with Crippen molar-refractivity contribution in [3.8, 4) is 5.75 Å². The number of methoxy groups -OCH3 is 1. The minimum atomic E-state index is -0.543. The van der Waals surface area contributed by atoms with Gasteiger partial charge in [0.2, 0.25) is 5.76 Å². The van der Waals surface area contributed by atoms with Gasteiger partial charge in [0.15, 0.2) is 0 Å². The number of ether oxygens (including phenoxy) is 3. The highest BCUT2D eigenvalue weighted by Gasteiger charge is 2.12. The van der Waals surface area contributed by atoms with E-state index < -0.39 is 5.97 Å². The Morgan fingerprint density at radius 1 is 1.15 bits per heavy atom. The molecule has 0 spiro atoms. The van der Waals surface area contributed by atoms with E-state index in [4.69, 9.17) is 13.9 Å². The van der Waals surface area contributed by atoms with E-state index in [1.165, 1.54) is 13.2 Å². The molecule has 3 aromatic rings. The lowest BCUT2D eigenvalue weighted by Crippen LogP contribution is -2.22. The highest BCUT2D eigenvalue weighted by Crippen LogP contribution is 2.24. The second-order valence-corrected chi connectivity index (χ2v) is 5.77. The summed E-state index contributed by atoms with van der Waals surface area (Å²) in [7, 11) is 1.29. The Balaban J connectivity index is 1.79. The van der Waals surface area contributed by atoms with Crippen molar-refractivity contribution >= 4 is 16.7 Å². The Kier molecular flexibility index (Phi) is 5.93. The molecule has 0 amide bonds. The molecule has 0 aliphatic heterocycles. The first kappa shape index (κ1) is 18.7. The SMILES string of the molecule is CCOCCn1ccc2c(OCc3ccc(C(=O)OC)o3)cccc2c1=O. The predicted octanol–water partition coefficient (Wildman–Crippen LogP) is 3.00.